The molecule has 1 aliphatic heterocycles. The van der Waals surface area contributed by atoms with E-state index in [1.165, 1.54) is 24.3 Å². The quantitative estimate of drug-likeness (QED) is 0.258. The summed E-state index contributed by atoms with van der Waals surface area (Å²) in [5.41, 5.74) is 2.10. The summed E-state index contributed by atoms with van der Waals surface area (Å²) < 4.78 is 28.1. The zero-order chi connectivity index (χ0) is 27.4. The molecule has 0 aliphatic carbocycles. The van der Waals surface area contributed by atoms with Crippen LogP contribution in [-0.2, 0) is 10.0 Å². The number of piperidine rings is 1. The number of hydrogen-bond acceptors (Lipinski definition) is 6. The molecule has 9 heteroatoms. The maximum absolute atomic E-state index is 13.3. The number of thiazole rings is 1. The van der Waals surface area contributed by atoms with E-state index in [-0.39, 0.29) is 21.9 Å². The van der Waals surface area contributed by atoms with Crippen molar-refractivity contribution in [3.8, 4) is 11.3 Å². The van der Waals surface area contributed by atoms with Gasteiger partial charge in [0.05, 0.1) is 10.6 Å². The summed E-state index contributed by atoms with van der Waals surface area (Å²) in [6.07, 6.45) is 3.52. The van der Waals surface area contributed by atoms with Crippen molar-refractivity contribution in [3.63, 3.8) is 0 Å². The van der Waals surface area contributed by atoms with E-state index < -0.39 is 15.9 Å². The third-order valence-corrected chi connectivity index (χ3v) is 9.84. The van der Waals surface area contributed by atoms with Crippen LogP contribution in [0, 0.1) is 0 Å². The molecule has 1 unspecified atom stereocenters. The van der Waals surface area contributed by atoms with E-state index in [9.17, 15) is 18.0 Å². The van der Waals surface area contributed by atoms with Gasteiger partial charge in [-0.1, -0.05) is 85.3 Å². The van der Waals surface area contributed by atoms with Gasteiger partial charge in [-0.05, 0) is 43.5 Å². The number of anilines is 1. The fourth-order valence-corrected chi connectivity index (χ4v) is 7.53. The molecule has 39 heavy (non-hydrogen) atoms. The smallest absolute Gasteiger partial charge is 0.257 e. The first-order valence-corrected chi connectivity index (χ1v) is 15.2. The number of aromatic nitrogens is 1. The third-order valence-electron chi connectivity index (χ3n) is 6.90. The van der Waals surface area contributed by atoms with E-state index in [1.54, 1.807) is 28.6 Å². The number of nitrogens with zero attached hydrogens (tertiary/aromatic N) is 2. The molecule has 1 atom stereocenters. The van der Waals surface area contributed by atoms with Gasteiger partial charge in [-0.15, -0.1) is 0 Å². The van der Waals surface area contributed by atoms with Gasteiger partial charge < -0.3 is 0 Å². The molecular weight excluding hydrogens is 530 g/mol. The Morgan fingerprint density at radius 2 is 1.59 bits per heavy atom. The van der Waals surface area contributed by atoms with E-state index in [4.69, 9.17) is 0 Å². The van der Waals surface area contributed by atoms with E-state index >= 15 is 0 Å². The Kier molecular flexibility index (Phi) is 8.02. The van der Waals surface area contributed by atoms with Crippen molar-refractivity contribution in [2.75, 3.05) is 11.9 Å². The minimum absolute atomic E-state index is 0.00299. The molecule has 0 saturated carbocycles. The number of carbonyl (C=O) groups is 2. The Hall–Kier alpha value is -3.66. The zero-order valence-corrected chi connectivity index (χ0v) is 23.2. The molecule has 5 rings (SSSR count). The number of amides is 1. The standard InChI is InChI=1S/C30H29N3O4S2/c1-2-24-15-9-10-20-33(24)39(36,37)25-18-16-23(17-19-25)29(35)32-30-31-26(21-11-5-3-6-12-21)28(38-30)27(34)22-13-7-4-8-14-22/h3-8,11-14,16-19,24H,2,9-10,15,20H2,1H3,(H,31,32,35). The fraction of sp³-hybridized carbons (Fsp3) is 0.233. The van der Waals surface area contributed by atoms with Crippen molar-refractivity contribution in [1.82, 2.24) is 9.29 Å². The van der Waals surface area contributed by atoms with Crippen LogP contribution >= 0.6 is 11.3 Å². The molecule has 0 spiro atoms. The minimum Gasteiger partial charge on any atom is -0.298 e. The maximum Gasteiger partial charge on any atom is 0.257 e. The summed E-state index contributed by atoms with van der Waals surface area (Å²) in [7, 11) is -3.64. The van der Waals surface area contributed by atoms with Crippen LogP contribution in [0.4, 0.5) is 5.13 Å². The van der Waals surface area contributed by atoms with Crippen LogP contribution in [0.5, 0.6) is 0 Å². The summed E-state index contributed by atoms with van der Waals surface area (Å²) in [6, 6.07) is 24.3. The molecule has 0 radical (unpaired) electrons. The summed E-state index contributed by atoms with van der Waals surface area (Å²) in [5.74, 6) is -0.611. The van der Waals surface area contributed by atoms with Crippen molar-refractivity contribution < 1.29 is 18.0 Å². The molecule has 1 amide bonds. The monoisotopic (exact) mass is 559 g/mol. The minimum atomic E-state index is -3.64. The topological polar surface area (TPSA) is 96.4 Å². The van der Waals surface area contributed by atoms with Gasteiger partial charge in [0.2, 0.25) is 15.8 Å². The lowest BCUT2D eigenvalue weighted by molar-refractivity contribution is 0.102. The molecule has 2 heterocycles. The van der Waals surface area contributed by atoms with Gasteiger partial charge in [0, 0.05) is 29.3 Å². The highest BCUT2D eigenvalue weighted by Crippen LogP contribution is 2.33. The van der Waals surface area contributed by atoms with E-state index in [0.717, 1.165) is 42.6 Å². The molecule has 1 N–H and O–H groups in total. The number of benzene rings is 3. The van der Waals surface area contributed by atoms with Gasteiger partial charge in [0.15, 0.2) is 5.13 Å². The highest BCUT2D eigenvalue weighted by atomic mass is 32.2. The Bertz CT molecular complexity index is 1570. The lowest BCUT2D eigenvalue weighted by Gasteiger charge is -2.34. The lowest BCUT2D eigenvalue weighted by atomic mass is 10.0. The first kappa shape index (κ1) is 26.9. The number of hydrogen-bond donors (Lipinski definition) is 1. The summed E-state index contributed by atoms with van der Waals surface area (Å²) >= 11 is 1.11. The van der Waals surface area contributed by atoms with Crippen LogP contribution in [0.1, 0.15) is 58.2 Å². The first-order valence-electron chi connectivity index (χ1n) is 13.0. The summed E-state index contributed by atoms with van der Waals surface area (Å²) in [6.45, 7) is 2.52. The van der Waals surface area contributed by atoms with Gasteiger partial charge in [-0.2, -0.15) is 4.31 Å². The van der Waals surface area contributed by atoms with Gasteiger partial charge in [-0.3, -0.25) is 14.9 Å². The Labute approximate surface area is 232 Å². The lowest BCUT2D eigenvalue weighted by Crippen LogP contribution is -2.43. The van der Waals surface area contributed by atoms with Gasteiger partial charge in [0.1, 0.15) is 4.88 Å². The molecule has 4 aromatic rings. The number of rotatable bonds is 8. The molecule has 0 bridgehead atoms. The predicted molar refractivity (Wildman–Crippen MR) is 154 cm³/mol. The maximum atomic E-state index is 13.3. The average Bonchev–Trinajstić information content (AvgIpc) is 3.41. The Balaban J connectivity index is 1.39. The molecule has 3 aromatic carbocycles. The Morgan fingerprint density at radius 1 is 0.923 bits per heavy atom. The average molecular weight is 560 g/mol. The van der Waals surface area contributed by atoms with Crippen molar-refractivity contribution in [1.29, 1.82) is 0 Å². The van der Waals surface area contributed by atoms with Crippen molar-refractivity contribution in [3.05, 3.63) is 101 Å². The van der Waals surface area contributed by atoms with Crippen LogP contribution in [0.15, 0.2) is 89.8 Å². The molecular formula is C30H29N3O4S2. The first-order chi connectivity index (χ1) is 18.9. The van der Waals surface area contributed by atoms with Crippen molar-refractivity contribution >= 4 is 38.2 Å². The number of sulfonamides is 1. The van der Waals surface area contributed by atoms with Crippen LogP contribution in [0.3, 0.4) is 0 Å². The van der Waals surface area contributed by atoms with Crippen LogP contribution in [0.25, 0.3) is 11.3 Å². The Morgan fingerprint density at radius 3 is 2.26 bits per heavy atom. The second-order valence-corrected chi connectivity index (χ2v) is 12.3. The van der Waals surface area contributed by atoms with E-state index in [0.29, 0.717) is 28.2 Å². The molecule has 1 fully saturated rings. The van der Waals surface area contributed by atoms with Crippen molar-refractivity contribution in [2.45, 2.75) is 43.5 Å². The predicted octanol–water partition coefficient (Wildman–Crippen LogP) is 6.25. The second-order valence-electron chi connectivity index (χ2n) is 9.41. The van der Waals surface area contributed by atoms with Gasteiger partial charge in [-0.25, -0.2) is 13.4 Å². The second kappa shape index (κ2) is 11.6. The fourth-order valence-electron chi connectivity index (χ4n) is 4.82. The molecule has 1 aromatic heterocycles. The van der Waals surface area contributed by atoms with Gasteiger partial charge in [0.25, 0.3) is 5.91 Å². The third kappa shape index (κ3) is 5.71. The summed E-state index contributed by atoms with van der Waals surface area (Å²) in [5, 5.41) is 3.08. The molecule has 200 valence electrons. The number of nitrogens with one attached hydrogen (secondary N) is 1. The van der Waals surface area contributed by atoms with E-state index in [1.807, 2.05) is 43.3 Å². The van der Waals surface area contributed by atoms with Crippen LogP contribution < -0.4 is 5.32 Å². The van der Waals surface area contributed by atoms with Gasteiger partial charge >= 0.3 is 0 Å². The summed E-state index contributed by atoms with van der Waals surface area (Å²) in [4.78, 5) is 31.6. The molecule has 1 saturated heterocycles. The zero-order valence-electron chi connectivity index (χ0n) is 21.5. The van der Waals surface area contributed by atoms with E-state index in [2.05, 4.69) is 10.3 Å². The van der Waals surface area contributed by atoms with Crippen LogP contribution in [-0.4, -0.2) is 42.0 Å². The molecule has 1 aliphatic rings. The normalized spacial score (nSPS) is 16.1. The van der Waals surface area contributed by atoms with Crippen LogP contribution in [0.2, 0.25) is 0 Å². The number of carbonyl (C=O) groups excluding carboxylic acids is 2. The highest BCUT2D eigenvalue weighted by Gasteiger charge is 2.32. The number of ketones is 1. The van der Waals surface area contributed by atoms with Crippen molar-refractivity contribution in [2.24, 2.45) is 0 Å². The SMILES string of the molecule is CCC1CCCCN1S(=O)(=O)c1ccc(C(=O)Nc2nc(-c3ccccc3)c(C(=O)c3ccccc3)s2)cc1. The largest absolute Gasteiger partial charge is 0.298 e. The molecule has 7 nitrogen and oxygen atoms in total. The highest BCUT2D eigenvalue weighted by molar-refractivity contribution is 7.89.